The van der Waals surface area contributed by atoms with Crippen molar-refractivity contribution in [3.8, 4) is 5.75 Å². The van der Waals surface area contributed by atoms with Crippen LogP contribution in [0.1, 0.15) is 45.2 Å². The number of morpholine rings is 1. The molecule has 1 spiro atoms. The SMILES string of the molecule is Cc1nc(C)c(C(=O)N2CCOC3(CCCCc4ccccc4OCCNC3=O)C2)s1. The predicted molar refractivity (Wildman–Crippen MR) is 119 cm³/mol. The molecule has 0 saturated carbocycles. The topological polar surface area (TPSA) is 80.8 Å². The minimum atomic E-state index is -1.03. The number of carbonyl (C=O) groups excluding carboxylic acids is 2. The Morgan fingerprint density at radius 2 is 2.06 bits per heavy atom. The molecule has 1 N–H and O–H groups in total. The molecule has 0 radical (unpaired) electrons. The molecule has 1 atom stereocenters. The van der Waals surface area contributed by atoms with Crippen LogP contribution in [0.3, 0.4) is 0 Å². The molecule has 0 aliphatic carbocycles. The van der Waals surface area contributed by atoms with Gasteiger partial charge in [0.15, 0.2) is 5.60 Å². The second kappa shape index (κ2) is 9.36. The summed E-state index contributed by atoms with van der Waals surface area (Å²) in [5, 5.41) is 3.84. The Morgan fingerprint density at radius 3 is 2.87 bits per heavy atom. The molecule has 1 unspecified atom stereocenters. The molecule has 1 saturated heterocycles. The first-order valence-corrected chi connectivity index (χ1v) is 11.7. The van der Waals surface area contributed by atoms with Crippen LogP contribution in [0.15, 0.2) is 24.3 Å². The summed E-state index contributed by atoms with van der Waals surface area (Å²) in [7, 11) is 0. The van der Waals surface area contributed by atoms with Gasteiger partial charge in [-0.15, -0.1) is 11.3 Å². The molecule has 2 aliphatic rings. The number of ether oxygens (including phenoxy) is 2. The molecule has 8 heteroatoms. The van der Waals surface area contributed by atoms with Gasteiger partial charge in [0.2, 0.25) is 0 Å². The molecule has 31 heavy (non-hydrogen) atoms. The lowest BCUT2D eigenvalue weighted by atomic mass is 9.91. The minimum absolute atomic E-state index is 0.0676. The summed E-state index contributed by atoms with van der Waals surface area (Å²) in [4.78, 5) is 33.1. The van der Waals surface area contributed by atoms with Crippen molar-refractivity contribution in [2.45, 2.75) is 45.1 Å². The fourth-order valence-electron chi connectivity index (χ4n) is 4.30. The Bertz CT molecular complexity index is 960. The van der Waals surface area contributed by atoms with Crippen LogP contribution in [-0.2, 0) is 16.0 Å². The van der Waals surface area contributed by atoms with Crippen molar-refractivity contribution in [2.24, 2.45) is 0 Å². The molecule has 0 bridgehead atoms. The van der Waals surface area contributed by atoms with E-state index in [1.165, 1.54) is 16.9 Å². The minimum Gasteiger partial charge on any atom is -0.491 e. The highest BCUT2D eigenvalue weighted by Crippen LogP contribution is 2.29. The molecule has 2 aromatic rings. The maximum absolute atomic E-state index is 13.2. The zero-order valence-corrected chi connectivity index (χ0v) is 18.9. The fourth-order valence-corrected chi connectivity index (χ4v) is 5.18. The number of aryl methyl sites for hydroxylation is 3. The van der Waals surface area contributed by atoms with Crippen LogP contribution in [0.2, 0.25) is 0 Å². The normalized spacial score (nSPS) is 22.6. The van der Waals surface area contributed by atoms with Crippen molar-refractivity contribution in [1.82, 2.24) is 15.2 Å². The molecular formula is C23H29N3O4S. The fraction of sp³-hybridized carbons (Fsp3) is 0.522. The average Bonchev–Trinajstić information content (AvgIpc) is 3.11. The summed E-state index contributed by atoms with van der Waals surface area (Å²) >= 11 is 1.40. The largest absolute Gasteiger partial charge is 0.491 e. The number of hydrogen-bond donors (Lipinski definition) is 1. The van der Waals surface area contributed by atoms with Crippen molar-refractivity contribution in [3.05, 3.63) is 45.4 Å². The van der Waals surface area contributed by atoms with Gasteiger partial charge in [0, 0.05) is 6.54 Å². The zero-order chi connectivity index (χ0) is 21.8. The first kappa shape index (κ1) is 21.8. The second-order valence-corrected chi connectivity index (χ2v) is 9.34. The molecule has 3 heterocycles. The van der Waals surface area contributed by atoms with Gasteiger partial charge in [0.1, 0.15) is 17.2 Å². The lowest BCUT2D eigenvalue weighted by Crippen LogP contribution is -2.61. The zero-order valence-electron chi connectivity index (χ0n) is 18.1. The van der Waals surface area contributed by atoms with Crippen LogP contribution in [-0.4, -0.2) is 60.1 Å². The summed E-state index contributed by atoms with van der Waals surface area (Å²) in [6.45, 7) is 5.60. The van der Waals surface area contributed by atoms with Gasteiger partial charge >= 0.3 is 0 Å². The van der Waals surface area contributed by atoms with E-state index in [0.29, 0.717) is 37.6 Å². The van der Waals surface area contributed by atoms with E-state index in [9.17, 15) is 9.59 Å². The number of thiazole rings is 1. The van der Waals surface area contributed by atoms with Crippen LogP contribution in [0.5, 0.6) is 5.75 Å². The van der Waals surface area contributed by atoms with Gasteiger partial charge < -0.3 is 19.7 Å². The molecule has 4 rings (SSSR count). The standard InChI is InChI=1S/C23H29N3O4S/c1-16-20(31-17(2)25-16)21(27)26-12-14-30-23(15-26)10-6-5-8-18-7-3-4-9-19(18)29-13-11-24-22(23)28/h3-4,7,9H,5-6,8,10-15H2,1-2H3,(H,24,28). The average molecular weight is 444 g/mol. The third kappa shape index (κ3) is 4.75. The molecule has 166 valence electrons. The Balaban J connectivity index is 1.51. The highest BCUT2D eigenvalue weighted by Gasteiger charge is 2.45. The molecule has 1 aromatic carbocycles. The Kier molecular flexibility index (Phi) is 6.57. The molecule has 1 fully saturated rings. The Morgan fingerprint density at radius 1 is 1.23 bits per heavy atom. The molecule has 1 aromatic heterocycles. The van der Waals surface area contributed by atoms with Crippen LogP contribution in [0, 0.1) is 13.8 Å². The van der Waals surface area contributed by atoms with Crippen molar-refractivity contribution in [2.75, 3.05) is 32.8 Å². The van der Waals surface area contributed by atoms with Crippen molar-refractivity contribution < 1.29 is 19.1 Å². The summed E-state index contributed by atoms with van der Waals surface area (Å²) in [6, 6.07) is 8.05. The smallest absolute Gasteiger partial charge is 0.266 e. The summed E-state index contributed by atoms with van der Waals surface area (Å²) in [5.74, 6) is 0.648. The van der Waals surface area contributed by atoms with Crippen molar-refractivity contribution in [1.29, 1.82) is 0 Å². The predicted octanol–water partition coefficient (Wildman–Crippen LogP) is 2.89. The van der Waals surface area contributed by atoms with E-state index in [0.717, 1.165) is 35.7 Å². The molecule has 7 nitrogen and oxygen atoms in total. The van der Waals surface area contributed by atoms with E-state index >= 15 is 0 Å². The number of nitrogens with zero attached hydrogens (tertiary/aromatic N) is 2. The van der Waals surface area contributed by atoms with E-state index in [2.05, 4.69) is 16.4 Å². The third-order valence-electron chi connectivity index (χ3n) is 5.88. The molecule has 2 amide bonds. The number of fused-ring (bicyclic) bond motifs is 1. The lowest BCUT2D eigenvalue weighted by Gasteiger charge is -2.41. The number of amides is 2. The van der Waals surface area contributed by atoms with Gasteiger partial charge in [-0.1, -0.05) is 18.2 Å². The molecule has 2 aliphatic heterocycles. The van der Waals surface area contributed by atoms with E-state index in [1.54, 1.807) is 4.90 Å². The number of aromatic nitrogens is 1. The summed E-state index contributed by atoms with van der Waals surface area (Å²) < 4.78 is 12.0. The lowest BCUT2D eigenvalue weighted by molar-refractivity contribution is -0.159. The summed E-state index contributed by atoms with van der Waals surface area (Å²) in [6.07, 6.45) is 3.20. The highest BCUT2D eigenvalue weighted by atomic mass is 32.1. The Hall–Kier alpha value is -2.45. The third-order valence-corrected chi connectivity index (χ3v) is 6.94. The van der Waals surface area contributed by atoms with Gasteiger partial charge in [-0.25, -0.2) is 4.98 Å². The van der Waals surface area contributed by atoms with Crippen molar-refractivity contribution >= 4 is 23.2 Å². The van der Waals surface area contributed by atoms with Crippen LogP contribution in [0.25, 0.3) is 0 Å². The first-order chi connectivity index (χ1) is 15.0. The number of nitrogens with one attached hydrogen (secondary N) is 1. The van der Waals surface area contributed by atoms with E-state index < -0.39 is 5.60 Å². The van der Waals surface area contributed by atoms with Crippen molar-refractivity contribution in [3.63, 3.8) is 0 Å². The number of carbonyl (C=O) groups is 2. The molecular weight excluding hydrogens is 414 g/mol. The van der Waals surface area contributed by atoms with E-state index in [4.69, 9.17) is 9.47 Å². The monoisotopic (exact) mass is 443 g/mol. The maximum atomic E-state index is 13.2. The first-order valence-electron chi connectivity index (χ1n) is 10.8. The van der Waals surface area contributed by atoms with Gasteiger partial charge in [0.05, 0.1) is 30.4 Å². The van der Waals surface area contributed by atoms with E-state index in [-0.39, 0.29) is 18.4 Å². The number of rotatable bonds is 1. The van der Waals surface area contributed by atoms with Gasteiger partial charge in [-0.3, -0.25) is 9.59 Å². The summed E-state index contributed by atoms with van der Waals surface area (Å²) in [5.41, 5.74) is 0.896. The number of hydrogen-bond acceptors (Lipinski definition) is 6. The van der Waals surface area contributed by atoms with E-state index in [1.807, 2.05) is 32.0 Å². The van der Waals surface area contributed by atoms with Crippen LogP contribution in [0.4, 0.5) is 0 Å². The van der Waals surface area contributed by atoms with Crippen LogP contribution < -0.4 is 10.1 Å². The quantitative estimate of drug-likeness (QED) is 0.733. The maximum Gasteiger partial charge on any atom is 0.266 e. The highest BCUT2D eigenvalue weighted by molar-refractivity contribution is 7.13. The second-order valence-electron chi connectivity index (χ2n) is 8.14. The number of benzene rings is 1. The van der Waals surface area contributed by atoms with Crippen LogP contribution >= 0.6 is 11.3 Å². The Labute approximate surface area is 186 Å². The number of para-hydroxylation sites is 1. The van der Waals surface area contributed by atoms with Gasteiger partial charge in [-0.05, 0) is 51.2 Å². The van der Waals surface area contributed by atoms with Gasteiger partial charge in [0.25, 0.3) is 11.8 Å². The van der Waals surface area contributed by atoms with Gasteiger partial charge in [-0.2, -0.15) is 0 Å².